The largest absolute Gasteiger partial charge is 0.495 e. The smallest absolute Gasteiger partial charge is 0.210 e. The average molecular weight is 309 g/mol. The first-order chi connectivity index (χ1) is 11.0. The van der Waals surface area contributed by atoms with Crippen LogP contribution in [0.5, 0.6) is 5.75 Å². The summed E-state index contributed by atoms with van der Waals surface area (Å²) in [6.07, 6.45) is 1.90. The summed E-state index contributed by atoms with van der Waals surface area (Å²) in [5.74, 6) is 0.449. The number of ether oxygens (including phenoxy) is 1. The molecule has 2 heterocycles. The predicted molar refractivity (Wildman–Crippen MR) is 92.5 cm³/mol. The van der Waals surface area contributed by atoms with E-state index in [0.29, 0.717) is 22.7 Å². The zero-order chi connectivity index (χ0) is 16.6. The topological polar surface area (TPSA) is 68.8 Å². The van der Waals surface area contributed by atoms with E-state index in [0.717, 1.165) is 16.8 Å². The number of nitrogens with one attached hydrogen (secondary N) is 1. The van der Waals surface area contributed by atoms with E-state index < -0.39 is 0 Å². The second-order valence-electron chi connectivity index (χ2n) is 5.42. The van der Waals surface area contributed by atoms with Gasteiger partial charge in [-0.3, -0.25) is 4.79 Å². The van der Waals surface area contributed by atoms with Crippen LogP contribution in [0.15, 0.2) is 42.6 Å². The fraction of sp³-hybridized carbons (Fsp3) is 0.167. The molecule has 5 heteroatoms. The van der Waals surface area contributed by atoms with Crippen molar-refractivity contribution in [1.82, 2.24) is 4.40 Å². The molecule has 0 aliphatic heterocycles. The number of rotatable bonds is 4. The van der Waals surface area contributed by atoms with E-state index >= 15 is 0 Å². The Labute approximate surface area is 134 Å². The molecule has 0 bridgehead atoms. The molecule has 0 aliphatic carbocycles. The maximum absolute atomic E-state index is 12.9. The van der Waals surface area contributed by atoms with Gasteiger partial charge in [-0.2, -0.15) is 0 Å². The molecule has 0 amide bonds. The molecule has 0 fully saturated rings. The Morgan fingerprint density at radius 2 is 2.00 bits per heavy atom. The summed E-state index contributed by atoms with van der Waals surface area (Å²) in [6.45, 7) is 1.94. The van der Waals surface area contributed by atoms with E-state index in [1.807, 2.05) is 42.8 Å². The van der Waals surface area contributed by atoms with E-state index in [2.05, 4.69) is 5.32 Å². The third-order valence-corrected chi connectivity index (χ3v) is 3.96. The molecule has 0 saturated carbocycles. The highest BCUT2D eigenvalue weighted by Crippen LogP contribution is 2.26. The Hall–Kier alpha value is -2.95. The standard InChI is InChI=1S/C18H19N3O2/c1-11-8-14-10-13(20-2)6-7-21(14)17(11)18(22)12-4-5-15(19)16(9-12)23-3/h4-10,20H,19H2,1-3H3. The quantitative estimate of drug-likeness (QED) is 0.574. The summed E-state index contributed by atoms with van der Waals surface area (Å²) < 4.78 is 7.11. The van der Waals surface area contributed by atoms with Gasteiger partial charge in [0.15, 0.2) is 0 Å². The summed E-state index contributed by atoms with van der Waals surface area (Å²) in [4.78, 5) is 12.9. The van der Waals surface area contributed by atoms with Gasteiger partial charge in [0.25, 0.3) is 0 Å². The lowest BCUT2D eigenvalue weighted by Crippen LogP contribution is -2.08. The molecular weight excluding hydrogens is 290 g/mol. The first-order valence-corrected chi connectivity index (χ1v) is 7.33. The van der Waals surface area contributed by atoms with Crippen LogP contribution in [0.1, 0.15) is 21.6 Å². The molecule has 3 rings (SSSR count). The monoisotopic (exact) mass is 309 g/mol. The Balaban J connectivity index is 2.12. The van der Waals surface area contributed by atoms with Crippen molar-refractivity contribution in [3.8, 4) is 5.75 Å². The van der Waals surface area contributed by atoms with Gasteiger partial charge in [-0.25, -0.2) is 0 Å². The number of aryl methyl sites for hydroxylation is 1. The van der Waals surface area contributed by atoms with E-state index in [1.165, 1.54) is 7.11 Å². The number of nitrogens with zero attached hydrogens (tertiary/aromatic N) is 1. The van der Waals surface area contributed by atoms with Gasteiger partial charge in [0.1, 0.15) is 5.75 Å². The van der Waals surface area contributed by atoms with Crippen LogP contribution in [0.3, 0.4) is 0 Å². The number of anilines is 2. The van der Waals surface area contributed by atoms with Gasteiger partial charge in [0.05, 0.1) is 18.5 Å². The van der Waals surface area contributed by atoms with Crippen molar-refractivity contribution in [3.63, 3.8) is 0 Å². The predicted octanol–water partition coefficient (Wildman–Crippen LogP) is 3.11. The third-order valence-electron chi connectivity index (χ3n) is 3.96. The van der Waals surface area contributed by atoms with Crippen molar-refractivity contribution in [1.29, 1.82) is 0 Å². The zero-order valence-corrected chi connectivity index (χ0v) is 13.4. The van der Waals surface area contributed by atoms with Crippen molar-refractivity contribution < 1.29 is 9.53 Å². The molecule has 2 aromatic heterocycles. The highest BCUT2D eigenvalue weighted by molar-refractivity contribution is 6.10. The molecule has 0 radical (unpaired) electrons. The second kappa shape index (κ2) is 5.68. The van der Waals surface area contributed by atoms with E-state index in [9.17, 15) is 4.79 Å². The lowest BCUT2D eigenvalue weighted by atomic mass is 10.0. The van der Waals surface area contributed by atoms with Crippen molar-refractivity contribution in [3.05, 3.63) is 59.4 Å². The minimum atomic E-state index is -0.0574. The van der Waals surface area contributed by atoms with E-state index in [4.69, 9.17) is 10.5 Å². The summed E-state index contributed by atoms with van der Waals surface area (Å²) >= 11 is 0. The number of nitrogens with two attached hydrogens (primary N) is 1. The first kappa shape index (κ1) is 15.0. The molecule has 0 spiro atoms. The minimum absolute atomic E-state index is 0.0574. The van der Waals surface area contributed by atoms with Gasteiger partial charge in [-0.05, 0) is 48.9 Å². The normalized spacial score (nSPS) is 10.7. The Bertz CT molecular complexity index is 897. The molecule has 0 saturated heterocycles. The van der Waals surface area contributed by atoms with Crippen LogP contribution < -0.4 is 15.8 Å². The maximum Gasteiger partial charge on any atom is 0.210 e. The molecule has 1 aromatic carbocycles. The Morgan fingerprint density at radius 3 is 2.70 bits per heavy atom. The molecular formula is C18H19N3O2. The number of pyridine rings is 1. The number of hydrogen-bond donors (Lipinski definition) is 2. The van der Waals surface area contributed by atoms with Crippen molar-refractivity contribution in [2.45, 2.75) is 6.92 Å². The molecule has 3 N–H and O–H groups in total. The van der Waals surface area contributed by atoms with Crippen LogP contribution in [-0.4, -0.2) is 24.3 Å². The summed E-state index contributed by atoms with van der Waals surface area (Å²) in [5.41, 5.74) is 10.4. The van der Waals surface area contributed by atoms with Crippen LogP contribution in [0.25, 0.3) is 5.52 Å². The number of fused-ring (bicyclic) bond motifs is 1. The number of nitrogen functional groups attached to an aromatic ring is 1. The van der Waals surface area contributed by atoms with Gasteiger partial charge < -0.3 is 20.2 Å². The molecule has 118 valence electrons. The molecule has 0 aliphatic rings. The van der Waals surface area contributed by atoms with Gasteiger partial charge in [0, 0.05) is 30.0 Å². The summed E-state index contributed by atoms with van der Waals surface area (Å²) in [5, 5.41) is 3.10. The number of benzene rings is 1. The highest BCUT2D eigenvalue weighted by Gasteiger charge is 2.18. The van der Waals surface area contributed by atoms with Gasteiger partial charge in [0.2, 0.25) is 5.78 Å². The fourth-order valence-electron chi connectivity index (χ4n) is 2.75. The van der Waals surface area contributed by atoms with Crippen molar-refractivity contribution >= 4 is 22.7 Å². The van der Waals surface area contributed by atoms with Gasteiger partial charge >= 0.3 is 0 Å². The van der Waals surface area contributed by atoms with Crippen LogP contribution >= 0.6 is 0 Å². The molecule has 23 heavy (non-hydrogen) atoms. The lowest BCUT2D eigenvalue weighted by molar-refractivity contribution is 0.103. The Kier molecular flexibility index (Phi) is 3.70. The fourth-order valence-corrected chi connectivity index (χ4v) is 2.75. The number of carbonyl (C=O) groups excluding carboxylic acids is 1. The van der Waals surface area contributed by atoms with Gasteiger partial charge in [-0.15, -0.1) is 0 Å². The molecule has 0 unspecified atom stereocenters. The number of aromatic nitrogens is 1. The van der Waals surface area contributed by atoms with Crippen molar-refractivity contribution in [2.24, 2.45) is 0 Å². The average Bonchev–Trinajstić information content (AvgIpc) is 2.89. The molecule has 3 aromatic rings. The summed E-state index contributed by atoms with van der Waals surface area (Å²) in [7, 11) is 3.41. The Morgan fingerprint density at radius 1 is 1.22 bits per heavy atom. The zero-order valence-electron chi connectivity index (χ0n) is 13.4. The minimum Gasteiger partial charge on any atom is -0.495 e. The number of ketones is 1. The van der Waals surface area contributed by atoms with Crippen LogP contribution in [0.2, 0.25) is 0 Å². The maximum atomic E-state index is 12.9. The van der Waals surface area contributed by atoms with E-state index in [-0.39, 0.29) is 5.78 Å². The van der Waals surface area contributed by atoms with Crippen LogP contribution in [0, 0.1) is 6.92 Å². The first-order valence-electron chi connectivity index (χ1n) is 7.33. The third kappa shape index (κ3) is 2.50. The molecule has 5 nitrogen and oxygen atoms in total. The number of methoxy groups -OCH3 is 1. The van der Waals surface area contributed by atoms with E-state index in [1.54, 1.807) is 18.2 Å². The molecule has 0 atom stereocenters. The second-order valence-corrected chi connectivity index (χ2v) is 5.42. The number of carbonyl (C=O) groups is 1. The number of hydrogen-bond acceptors (Lipinski definition) is 4. The van der Waals surface area contributed by atoms with Crippen molar-refractivity contribution in [2.75, 3.05) is 25.2 Å². The summed E-state index contributed by atoms with van der Waals surface area (Å²) in [6, 6.07) is 11.0. The SMILES string of the molecule is CNc1ccn2c(C(=O)c3ccc(N)c(OC)c3)c(C)cc2c1. The van der Waals surface area contributed by atoms with Crippen LogP contribution in [-0.2, 0) is 0 Å². The van der Waals surface area contributed by atoms with Gasteiger partial charge in [-0.1, -0.05) is 0 Å². The lowest BCUT2D eigenvalue weighted by Gasteiger charge is -2.09. The highest BCUT2D eigenvalue weighted by atomic mass is 16.5. The van der Waals surface area contributed by atoms with Crippen LogP contribution in [0.4, 0.5) is 11.4 Å².